The monoisotopic (exact) mass is 395 g/mol. The van der Waals surface area contributed by atoms with Gasteiger partial charge in [0.25, 0.3) is 5.91 Å². The van der Waals surface area contributed by atoms with Crippen molar-refractivity contribution in [1.82, 2.24) is 10.2 Å². The summed E-state index contributed by atoms with van der Waals surface area (Å²) in [6, 6.07) is 13.5. The summed E-state index contributed by atoms with van der Waals surface area (Å²) in [4.78, 5) is 27.4. The molecule has 2 bridgehead atoms. The maximum atomic E-state index is 13.1. The quantitative estimate of drug-likeness (QED) is 0.805. The lowest BCUT2D eigenvalue weighted by atomic mass is 9.82. The Labute approximate surface area is 170 Å². The molecule has 0 unspecified atom stereocenters. The van der Waals surface area contributed by atoms with E-state index in [1.54, 1.807) is 12.1 Å². The fourth-order valence-corrected chi connectivity index (χ4v) is 4.53. The highest BCUT2D eigenvalue weighted by Gasteiger charge is 2.41. The number of carbonyl (C=O) groups is 2. The van der Waals surface area contributed by atoms with Gasteiger partial charge in [0, 0.05) is 29.4 Å². The number of nitrogens with one attached hydrogen (secondary N) is 2. The Morgan fingerprint density at radius 3 is 2.21 bits per heavy atom. The predicted octanol–water partition coefficient (Wildman–Crippen LogP) is 4.48. The second-order valence-electron chi connectivity index (χ2n) is 8.09. The summed E-state index contributed by atoms with van der Waals surface area (Å²) in [5.41, 5.74) is 2.37. The third kappa shape index (κ3) is 4.42. The number of hydrogen-bond acceptors (Lipinski definition) is 2. The number of aryl methyl sites for hydroxylation is 1. The van der Waals surface area contributed by atoms with Crippen LogP contribution in [0.1, 0.15) is 48.0 Å². The molecule has 2 saturated heterocycles. The van der Waals surface area contributed by atoms with Gasteiger partial charge in [-0.3, -0.25) is 4.79 Å². The summed E-state index contributed by atoms with van der Waals surface area (Å²) >= 11 is 0. The van der Waals surface area contributed by atoms with E-state index in [0.29, 0.717) is 11.3 Å². The van der Waals surface area contributed by atoms with Crippen LogP contribution < -0.4 is 10.6 Å². The van der Waals surface area contributed by atoms with Crippen molar-refractivity contribution >= 4 is 17.6 Å². The van der Waals surface area contributed by atoms with Gasteiger partial charge in [-0.1, -0.05) is 17.7 Å². The van der Waals surface area contributed by atoms with Crippen LogP contribution in [0, 0.1) is 12.7 Å². The second-order valence-corrected chi connectivity index (χ2v) is 8.09. The number of hydrogen-bond donors (Lipinski definition) is 2. The lowest BCUT2D eigenvalue weighted by Gasteiger charge is -2.48. The van der Waals surface area contributed by atoms with Crippen molar-refractivity contribution in [2.45, 2.75) is 57.2 Å². The number of anilines is 1. The molecule has 2 atom stereocenters. The molecule has 3 amide bonds. The average Bonchev–Trinajstić information content (AvgIpc) is 2.69. The third-order valence-electron chi connectivity index (χ3n) is 5.95. The molecule has 5 nitrogen and oxygen atoms in total. The number of benzene rings is 2. The van der Waals surface area contributed by atoms with E-state index in [9.17, 15) is 14.0 Å². The van der Waals surface area contributed by atoms with Crippen molar-refractivity contribution in [2.24, 2.45) is 0 Å². The van der Waals surface area contributed by atoms with Crippen LogP contribution in [0.2, 0.25) is 0 Å². The van der Waals surface area contributed by atoms with Crippen molar-refractivity contribution < 1.29 is 14.0 Å². The zero-order chi connectivity index (χ0) is 20.4. The Morgan fingerprint density at radius 1 is 0.966 bits per heavy atom. The van der Waals surface area contributed by atoms with Gasteiger partial charge in [-0.2, -0.15) is 0 Å². The maximum absolute atomic E-state index is 13.1. The van der Waals surface area contributed by atoms with Crippen LogP contribution in [0.4, 0.5) is 14.9 Å². The number of piperidine rings is 2. The number of halogens is 1. The Kier molecular flexibility index (Phi) is 5.51. The molecule has 6 heteroatoms. The molecule has 0 aromatic heterocycles. The van der Waals surface area contributed by atoms with Crippen LogP contribution in [-0.2, 0) is 0 Å². The highest BCUT2D eigenvalue weighted by molar-refractivity contribution is 5.94. The van der Waals surface area contributed by atoms with E-state index >= 15 is 0 Å². The molecule has 152 valence electrons. The molecular weight excluding hydrogens is 369 g/mol. The van der Waals surface area contributed by atoms with Gasteiger partial charge in [-0.25, -0.2) is 9.18 Å². The molecule has 2 fully saturated rings. The first-order valence-electron chi connectivity index (χ1n) is 10.2. The molecule has 2 aliphatic heterocycles. The number of carbonyl (C=O) groups excluding carboxylic acids is 2. The molecular formula is C23H26FN3O2. The molecule has 29 heavy (non-hydrogen) atoms. The summed E-state index contributed by atoms with van der Waals surface area (Å²) < 4.78 is 13.1. The highest BCUT2D eigenvalue weighted by Crippen LogP contribution is 2.34. The Balaban J connectivity index is 1.40. The predicted molar refractivity (Wildman–Crippen MR) is 110 cm³/mol. The summed E-state index contributed by atoms with van der Waals surface area (Å²) in [7, 11) is 0. The van der Waals surface area contributed by atoms with Crippen LogP contribution in [0.25, 0.3) is 0 Å². The van der Waals surface area contributed by atoms with Gasteiger partial charge in [0.2, 0.25) is 0 Å². The van der Waals surface area contributed by atoms with E-state index in [0.717, 1.165) is 37.7 Å². The van der Waals surface area contributed by atoms with Gasteiger partial charge in [0.1, 0.15) is 5.82 Å². The highest BCUT2D eigenvalue weighted by atomic mass is 19.1. The van der Waals surface area contributed by atoms with Gasteiger partial charge in [-0.05, 0) is 75.4 Å². The zero-order valence-corrected chi connectivity index (χ0v) is 16.5. The van der Waals surface area contributed by atoms with Crippen LogP contribution >= 0.6 is 0 Å². The molecule has 2 N–H and O–H groups in total. The first-order valence-corrected chi connectivity index (χ1v) is 10.2. The normalized spacial score (nSPS) is 23.4. The van der Waals surface area contributed by atoms with Crippen molar-refractivity contribution in [1.29, 1.82) is 0 Å². The fourth-order valence-electron chi connectivity index (χ4n) is 4.53. The first-order chi connectivity index (χ1) is 14.0. The van der Waals surface area contributed by atoms with Crippen molar-refractivity contribution in [3.63, 3.8) is 0 Å². The van der Waals surface area contributed by atoms with Crippen LogP contribution in [0.5, 0.6) is 0 Å². The summed E-state index contributed by atoms with van der Waals surface area (Å²) in [5, 5.41) is 6.05. The lowest BCUT2D eigenvalue weighted by Crippen LogP contribution is -2.59. The minimum absolute atomic E-state index is 0.0581. The average molecular weight is 395 g/mol. The van der Waals surface area contributed by atoms with Crippen molar-refractivity contribution in [2.75, 3.05) is 5.32 Å². The number of nitrogens with zero attached hydrogens (tertiary/aromatic N) is 1. The van der Waals surface area contributed by atoms with Crippen LogP contribution in [-0.4, -0.2) is 35.0 Å². The standard InChI is InChI=1S/C23H26FN3O2/c1-15-5-7-16(8-6-15)22(28)25-19-13-20-3-2-4-21(14-19)27(20)23(29)26-18-11-9-17(24)10-12-18/h5-12,19-21H,2-4,13-14H2,1H3,(H,25,28)(H,26,29)/t20-,21-/m0/s1. The van der Waals surface area contributed by atoms with E-state index in [4.69, 9.17) is 0 Å². The summed E-state index contributed by atoms with van der Waals surface area (Å²) in [6.45, 7) is 2.00. The Morgan fingerprint density at radius 2 is 1.59 bits per heavy atom. The van der Waals surface area contributed by atoms with E-state index in [1.807, 2.05) is 36.1 Å². The first kappa shape index (κ1) is 19.4. The molecule has 0 spiro atoms. The minimum atomic E-state index is -0.329. The molecule has 0 saturated carbocycles. The van der Waals surface area contributed by atoms with Crippen LogP contribution in [0.3, 0.4) is 0 Å². The SMILES string of the molecule is Cc1ccc(C(=O)NC2C[C@@H]3CCC[C@@H](C2)N3C(=O)Nc2ccc(F)cc2)cc1. The third-order valence-corrected chi connectivity index (χ3v) is 5.95. The lowest BCUT2D eigenvalue weighted by molar-refractivity contribution is 0.0577. The summed E-state index contributed by atoms with van der Waals surface area (Å²) in [6.07, 6.45) is 4.47. The number of urea groups is 1. The topological polar surface area (TPSA) is 61.4 Å². The fraction of sp³-hybridized carbons (Fsp3) is 0.391. The van der Waals surface area contributed by atoms with Gasteiger partial charge in [-0.15, -0.1) is 0 Å². The number of fused-ring (bicyclic) bond motifs is 2. The van der Waals surface area contributed by atoms with Crippen LogP contribution in [0.15, 0.2) is 48.5 Å². The number of amides is 3. The second kappa shape index (κ2) is 8.23. The zero-order valence-electron chi connectivity index (χ0n) is 16.5. The smallest absolute Gasteiger partial charge is 0.322 e. The molecule has 2 aromatic rings. The largest absolute Gasteiger partial charge is 0.349 e. The summed E-state index contributed by atoms with van der Waals surface area (Å²) in [5.74, 6) is -0.387. The van der Waals surface area contributed by atoms with E-state index < -0.39 is 0 Å². The molecule has 2 aliphatic rings. The Hall–Kier alpha value is -2.89. The van der Waals surface area contributed by atoms with E-state index in [1.165, 1.54) is 12.1 Å². The van der Waals surface area contributed by atoms with Gasteiger partial charge < -0.3 is 15.5 Å². The molecule has 4 rings (SSSR count). The molecule has 0 radical (unpaired) electrons. The molecule has 2 aromatic carbocycles. The Bertz CT molecular complexity index is 868. The molecule has 2 heterocycles. The van der Waals surface area contributed by atoms with Gasteiger partial charge in [0.15, 0.2) is 0 Å². The maximum Gasteiger partial charge on any atom is 0.322 e. The molecule has 0 aliphatic carbocycles. The van der Waals surface area contributed by atoms with Gasteiger partial charge in [0.05, 0.1) is 0 Å². The minimum Gasteiger partial charge on any atom is -0.349 e. The van der Waals surface area contributed by atoms with E-state index in [2.05, 4.69) is 10.6 Å². The van der Waals surface area contributed by atoms with Crippen molar-refractivity contribution in [3.05, 3.63) is 65.5 Å². The van der Waals surface area contributed by atoms with Crippen molar-refractivity contribution in [3.8, 4) is 0 Å². The van der Waals surface area contributed by atoms with Gasteiger partial charge >= 0.3 is 6.03 Å². The number of rotatable bonds is 3. The van der Waals surface area contributed by atoms with E-state index in [-0.39, 0.29) is 35.9 Å².